The standard InChI is InChI=1S/C10H21N/c1-5-10(9(2)3)6-7-11(4)8-10/h9H,5-8H2,1-4H3. The van der Waals surface area contributed by atoms with Gasteiger partial charge in [-0.05, 0) is 37.8 Å². The van der Waals surface area contributed by atoms with Crippen LogP contribution in [-0.4, -0.2) is 25.0 Å². The van der Waals surface area contributed by atoms with Gasteiger partial charge in [0.25, 0.3) is 0 Å². The Morgan fingerprint density at radius 3 is 2.27 bits per heavy atom. The highest BCUT2D eigenvalue weighted by molar-refractivity contribution is 4.89. The minimum atomic E-state index is 0.634. The SMILES string of the molecule is CCC1(C(C)C)CCN(C)C1. The maximum Gasteiger partial charge on any atom is 0.00378 e. The lowest BCUT2D eigenvalue weighted by Crippen LogP contribution is -2.29. The smallest absolute Gasteiger partial charge is 0.00378 e. The first-order valence-electron chi connectivity index (χ1n) is 4.79. The van der Waals surface area contributed by atoms with Crippen molar-refractivity contribution >= 4 is 0 Å². The van der Waals surface area contributed by atoms with Crippen LogP contribution in [0, 0.1) is 11.3 Å². The highest BCUT2D eigenvalue weighted by atomic mass is 15.1. The molecule has 0 aromatic carbocycles. The zero-order chi connectivity index (χ0) is 8.48. The molecule has 0 radical (unpaired) electrons. The van der Waals surface area contributed by atoms with E-state index in [0.717, 1.165) is 5.92 Å². The molecular formula is C10H21N. The number of hydrogen-bond acceptors (Lipinski definition) is 1. The third-order valence-electron chi connectivity index (χ3n) is 3.51. The topological polar surface area (TPSA) is 3.24 Å². The number of likely N-dealkylation sites (tertiary alicyclic amines) is 1. The summed E-state index contributed by atoms with van der Waals surface area (Å²) in [5.41, 5.74) is 0.634. The Labute approximate surface area is 70.8 Å². The van der Waals surface area contributed by atoms with Gasteiger partial charge in [0.15, 0.2) is 0 Å². The Morgan fingerprint density at radius 2 is 2.09 bits per heavy atom. The van der Waals surface area contributed by atoms with E-state index in [1.165, 1.54) is 25.9 Å². The lowest BCUT2D eigenvalue weighted by atomic mass is 9.74. The molecule has 0 bridgehead atoms. The van der Waals surface area contributed by atoms with E-state index in [1.807, 2.05) is 0 Å². The summed E-state index contributed by atoms with van der Waals surface area (Å²) in [6, 6.07) is 0. The quantitative estimate of drug-likeness (QED) is 0.592. The van der Waals surface area contributed by atoms with Crippen LogP contribution in [-0.2, 0) is 0 Å². The van der Waals surface area contributed by atoms with Crippen molar-refractivity contribution in [3.8, 4) is 0 Å². The first-order valence-corrected chi connectivity index (χ1v) is 4.79. The maximum atomic E-state index is 2.46. The molecule has 0 spiro atoms. The Morgan fingerprint density at radius 1 is 1.45 bits per heavy atom. The first-order chi connectivity index (χ1) is 5.10. The summed E-state index contributed by atoms with van der Waals surface area (Å²) in [5, 5.41) is 0. The largest absolute Gasteiger partial charge is 0.306 e. The van der Waals surface area contributed by atoms with Gasteiger partial charge < -0.3 is 4.90 Å². The molecule has 0 saturated carbocycles. The van der Waals surface area contributed by atoms with Crippen molar-refractivity contribution < 1.29 is 0 Å². The normalized spacial score (nSPS) is 33.5. The van der Waals surface area contributed by atoms with E-state index in [1.54, 1.807) is 0 Å². The van der Waals surface area contributed by atoms with E-state index >= 15 is 0 Å². The fourth-order valence-corrected chi connectivity index (χ4v) is 2.28. The predicted octanol–water partition coefficient (Wildman–Crippen LogP) is 2.37. The summed E-state index contributed by atoms with van der Waals surface area (Å²) < 4.78 is 0. The van der Waals surface area contributed by atoms with Crippen LogP contribution in [0.4, 0.5) is 0 Å². The third kappa shape index (κ3) is 1.58. The molecule has 0 N–H and O–H groups in total. The van der Waals surface area contributed by atoms with Crippen LogP contribution in [0.15, 0.2) is 0 Å². The molecule has 1 nitrogen and oxygen atoms in total. The Balaban J connectivity index is 2.62. The van der Waals surface area contributed by atoms with Crippen LogP contribution >= 0.6 is 0 Å². The van der Waals surface area contributed by atoms with Gasteiger partial charge in [0.2, 0.25) is 0 Å². The second-order valence-electron chi connectivity index (χ2n) is 4.36. The molecule has 1 rings (SSSR count). The molecule has 1 aliphatic heterocycles. The summed E-state index contributed by atoms with van der Waals surface area (Å²) in [6.45, 7) is 9.66. The molecule has 1 aliphatic rings. The Kier molecular flexibility index (Phi) is 2.58. The number of nitrogens with zero attached hydrogens (tertiary/aromatic N) is 1. The summed E-state index contributed by atoms with van der Waals surface area (Å²) in [4.78, 5) is 2.46. The minimum Gasteiger partial charge on any atom is -0.306 e. The van der Waals surface area contributed by atoms with Crippen molar-refractivity contribution in [1.82, 2.24) is 4.90 Å². The van der Waals surface area contributed by atoms with E-state index in [9.17, 15) is 0 Å². The summed E-state index contributed by atoms with van der Waals surface area (Å²) in [7, 11) is 2.24. The Hall–Kier alpha value is -0.0400. The van der Waals surface area contributed by atoms with Crippen molar-refractivity contribution in [3.05, 3.63) is 0 Å². The van der Waals surface area contributed by atoms with Gasteiger partial charge in [-0.3, -0.25) is 0 Å². The molecule has 1 heterocycles. The molecule has 0 aliphatic carbocycles. The van der Waals surface area contributed by atoms with Crippen LogP contribution in [0.5, 0.6) is 0 Å². The summed E-state index contributed by atoms with van der Waals surface area (Å²) in [5.74, 6) is 0.845. The van der Waals surface area contributed by atoms with Crippen LogP contribution in [0.1, 0.15) is 33.6 Å². The summed E-state index contributed by atoms with van der Waals surface area (Å²) >= 11 is 0. The maximum absolute atomic E-state index is 2.46. The Bertz CT molecular complexity index is 131. The molecule has 1 unspecified atom stereocenters. The van der Waals surface area contributed by atoms with Crippen LogP contribution in [0.3, 0.4) is 0 Å². The van der Waals surface area contributed by atoms with Gasteiger partial charge in [0.05, 0.1) is 0 Å². The fourth-order valence-electron chi connectivity index (χ4n) is 2.28. The van der Waals surface area contributed by atoms with Gasteiger partial charge in [-0.1, -0.05) is 20.8 Å². The fraction of sp³-hybridized carbons (Fsp3) is 1.00. The van der Waals surface area contributed by atoms with E-state index in [0.29, 0.717) is 5.41 Å². The molecule has 0 aromatic heterocycles. The molecule has 1 fully saturated rings. The van der Waals surface area contributed by atoms with Crippen molar-refractivity contribution in [2.45, 2.75) is 33.6 Å². The second-order valence-corrected chi connectivity index (χ2v) is 4.36. The monoisotopic (exact) mass is 155 g/mol. The minimum absolute atomic E-state index is 0.634. The van der Waals surface area contributed by atoms with Crippen molar-refractivity contribution in [3.63, 3.8) is 0 Å². The van der Waals surface area contributed by atoms with Crippen LogP contribution in [0.2, 0.25) is 0 Å². The zero-order valence-corrected chi connectivity index (χ0v) is 8.35. The molecule has 0 aromatic rings. The molecular weight excluding hydrogens is 134 g/mol. The highest BCUT2D eigenvalue weighted by Crippen LogP contribution is 2.39. The van der Waals surface area contributed by atoms with E-state index in [-0.39, 0.29) is 0 Å². The molecule has 1 atom stereocenters. The van der Waals surface area contributed by atoms with Gasteiger partial charge in [0.1, 0.15) is 0 Å². The van der Waals surface area contributed by atoms with Gasteiger partial charge in [-0.2, -0.15) is 0 Å². The van der Waals surface area contributed by atoms with E-state index < -0.39 is 0 Å². The first kappa shape index (κ1) is 9.05. The highest BCUT2D eigenvalue weighted by Gasteiger charge is 2.37. The lowest BCUT2D eigenvalue weighted by Gasteiger charge is -2.32. The van der Waals surface area contributed by atoms with Gasteiger partial charge in [-0.15, -0.1) is 0 Å². The van der Waals surface area contributed by atoms with Gasteiger partial charge in [0, 0.05) is 6.54 Å². The zero-order valence-electron chi connectivity index (χ0n) is 8.35. The molecule has 1 saturated heterocycles. The number of rotatable bonds is 2. The van der Waals surface area contributed by atoms with E-state index in [4.69, 9.17) is 0 Å². The third-order valence-corrected chi connectivity index (χ3v) is 3.51. The molecule has 66 valence electrons. The number of hydrogen-bond donors (Lipinski definition) is 0. The lowest BCUT2D eigenvalue weighted by molar-refractivity contribution is 0.187. The van der Waals surface area contributed by atoms with Crippen LogP contribution < -0.4 is 0 Å². The second kappa shape index (κ2) is 3.14. The van der Waals surface area contributed by atoms with Gasteiger partial charge in [-0.25, -0.2) is 0 Å². The van der Waals surface area contributed by atoms with Crippen molar-refractivity contribution in [2.24, 2.45) is 11.3 Å². The van der Waals surface area contributed by atoms with Crippen molar-refractivity contribution in [1.29, 1.82) is 0 Å². The average molecular weight is 155 g/mol. The average Bonchev–Trinajstić information content (AvgIpc) is 2.33. The van der Waals surface area contributed by atoms with E-state index in [2.05, 4.69) is 32.7 Å². The molecule has 1 heteroatoms. The van der Waals surface area contributed by atoms with Crippen molar-refractivity contribution in [2.75, 3.05) is 20.1 Å². The summed E-state index contributed by atoms with van der Waals surface area (Å²) in [6.07, 6.45) is 2.74. The van der Waals surface area contributed by atoms with Crippen LogP contribution in [0.25, 0.3) is 0 Å². The predicted molar refractivity (Wildman–Crippen MR) is 49.7 cm³/mol. The van der Waals surface area contributed by atoms with Gasteiger partial charge >= 0.3 is 0 Å². The molecule has 0 amide bonds. The molecule has 11 heavy (non-hydrogen) atoms.